The third-order valence-corrected chi connectivity index (χ3v) is 2.77. The predicted octanol–water partition coefficient (Wildman–Crippen LogP) is 2.50. The van der Waals surface area contributed by atoms with E-state index in [1.54, 1.807) is 14.0 Å². The second kappa shape index (κ2) is 5.91. The number of carbonyl (C=O) groups excluding carboxylic acids is 1. The van der Waals surface area contributed by atoms with Crippen molar-refractivity contribution in [3.05, 3.63) is 11.7 Å². The summed E-state index contributed by atoms with van der Waals surface area (Å²) in [5.74, 6) is 0.884. The Hall–Kier alpha value is -1.23. The molecule has 96 valence electrons. The van der Waals surface area contributed by atoms with Crippen molar-refractivity contribution >= 4 is 5.78 Å². The Labute approximate surface area is 102 Å². The van der Waals surface area contributed by atoms with Gasteiger partial charge in [0.05, 0.1) is 5.92 Å². The number of aromatic nitrogens is 2. The van der Waals surface area contributed by atoms with Crippen LogP contribution >= 0.6 is 0 Å². The van der Waals surface area contributed by atoms with Crippen molar-refractivity contribution in [3.63, 3.8) is 0 Å². The second-order valence-corrected chi connectivity index (χ2v) is 4.43. The van der Waals surface area contributed by atoms with E-state index in [2.05, 4.69) is 10.1 Å². The molecule has 0 aromatic carbocycles. The van der Waals surface area contributed by atoms with Gasteiger partial charge in [-0.15, -0.1) is 0 Å². The van der Waals surface area contributed by atoms with Crippen molar-refractivity contribution in [2.24, 2.45) is 5.92 Å². The minimum Gasteiger partial charge on any atom is -0.373 e. The van der Waals surface area contributed by atoms with E-state index in [1.807, 2.05) is 20.8 Å². The van der Waals surface area contributed by atoms with Crippen LogP contribution in [0.25, 0.3) is 0 Å². The number of methoxy groups -OCH3 is 1. The normalized spacial score (nSPS) is 14.9. The van der Waals surface area contributed by atoms with E-state index in [4.69, 9.17) is 9.26 Å². The van der Waals surface area contributed by atoms with Gasteiger partial charge in [0.2, 0.25) is 11.7 Å². The lowest BCUT2D eigenvalue weighted by Crippen LogP contribution is -2.12. The molecule has 0 aliphatic rings. The van der Waals surface area contributed by atoms with Crippen LogP contribution in [0, 0.1) is 5.92 Å². The molecule has 5 heteroatoms. The largest absolute Gasteiger partial charge is 0.373 e. The predicted molar refractivity (Wildman–Crippen MR) is 62.6 cm³/mol. The highest BCUT2D eigenvalue weighted by atomic mass is 16.5. The van der Waals surface area contributed by atoms with Crippen molar-refractivity contribution in [2.75, 3.05) is 7.11 Å². The number of Topliss-reactive ketones (excluding diaryl/α,β-unsaturated/α-hetero) is 1. The molecular weight excluding hydrogens is 220 g/mol. The van der Waals surface area contributed by atoms with Gasteiger partial charge in [0.15, 0.2) is 0 Å². The van der Waals surface area contributed by atoms with Gasteiger partial charge in [-0.05, 0) is 12.8 Å². The molecule has 0 aliphatic heterocycles. The Balaban J connectivity index is 2.87. The first-order chi connectivity index (χ1) is 8.01. The molecule has 17 heavy (non-hydrogen) atoms. The molecule has 1 rings (SSSR count). The van der Waals surface area contributed by atoms with E-state index >= 15 is 0 Å². The van der Waals surface area contributed by atoms with E-state index < -0.39 is 0 Å². The molecule has 0 fully saturated rings. The molecule has 1 aromatic rings. The zero-order valence-electron chi connectivity index (χ0n) is 11.1. The molecule has 0 saturated carbocycles. The summed E-state index contributed by atoms with van der Waals surface area (Å²) in [7, 11) is 1.61. The Morgan fingerprint density at radius 3 is 2.53 bits per heavy atom. The first-order valence-corrected chi connectivity index (χ1v) is 5.90. The monoisotopic (exact) mass is 240 g/mol. The topological polar surface area (TPSA) is 65.2 Å². The van der Waals surface area contributed by atoms with E-state index in [9.17, 15) is 4.79 Å². The number of ketones is 1. The minimum absolute atomic E-state index is 0.0960. The van der Waals surface area contributed by atoms with Crippen LogP contribution in [-0.2, 0) is 9.53 Å². The molecule has 5 nitrogen and oxygen atoms in total. The zero-order chi connectivity index (χ0) is 13.0. The fourth-order valence-corrected chi connectivity index (χ4v) is 1.66. The number of hydrogen-bond acceptors (Lipinski definition) is 5. The van der Waals surface area contributed by atoms with Gasteiger partial charge >= 0.3 is 0 Å². The van der Waals surface area contributed by atoms with Crippen LogP contribution in [0.1, 0.15) is 57.9 Å². The summed E-state index contributed by atoms with van der Waals surface area (Å²) in [6, 6.07) is 0. The number of ether oxygens (including phenoxy) is 1. The third kappa shape index (κ3) is 3.12. The van der Waals surface area contributed by atoms with Gasteiger partial charge in [0.1, 0.15) is 11.9 Å². The molecule has 0 bridgehead atoms. The SMILES string of the molecule is CCC(=O)C(C)c1nc(C(OC)C(C)C)no1. The molecule has 0 saturated heterocycles. The quantitative estimate of drug-likeness (QED) is 0.764. The van der Waals surface area contributed by atoms with Gasteiger partial charge in [-0.2, -0.15) is 4.98 Å². The first kappa shape index (κ1) is 13.8. The zero-order valence-corrected chi connectivity index (χ0v) is 11.1. The number of nitrogens with zero attached hydrogens (tertiary/aromatic N) is 2. The lowest BCUT2D eigenvalue weighted by atomic mass is 10.0. The van der Waals surface area contributed by atoms with E-state index in [1.165, 1.54) is 0 Å². The summed E-state index contributed by atoms with van der Waals surface area (Å²) < 4.78 is 10.4. The van der Waals surface area contributed by atoms with Gasteiger partial charge in [-0.3, -0.25) is 4.79 Å². The van der Waals surface area contributed by atoms with Gasteiger partial charge in [0, 0.05) is 13.5 Å². The van der Waals surface area contributed by atoms with Gasteiger partial charge < -0.3 is 9.26 Å². The summed E-state index contributed by atoms with van der Waals surface area (Å²) in [6.07, 6.45) is 0.271. The number of carbonyl (C=O) groups is 1. The molecule has 0 spiro atoms. The molecular formula is C12H20N2O3. The van der Waals surface area contributed by atoms with Crippen molar-refractivity contribution < 1.29 is 14.1 Å². The summed E-state index contributed by atoms with van der Waals surface area (Å²) in [6.45, 7) is 7.64. The maximum atomic E-state index is 11.5. The Morgan fingerprint density at radius 1 is 1.41 bits per heavy atom. The van der Waals surface area contributed by atoms with Crippen molar-refractivity contribution in [3.8, 4) is 0 Å². The molecule has 2 atom stereocenters. The van der Waals surface area contributed by atoms with Crippen LogP contribution in [0.5, 0.6) is 0 Å². The lowest BCUT2D eigenvalue weighted by molar-refractivity contribution is -0.120. The molecule has 1 heterocycles. The molecule has 2 unspecified atom stereocenters. The number of rotatable bonds is 6. The molecule has 1 aromatic heterocycles. The Bertz CT molecular complexity index is 374. The molecule has 0 amide bonds. The summed E-state index contributed by atoms with van der Waals surface area (Å²) in [5.41, 5.74) is 0. The lowest BCUT2D eigenvalue weighted by Gasteiger charge is -2.14. The first-order valence-electron chi connectivity index (χ1n) is 5.90. The number of hydrogen-bond donors (Lipinski definition) is 0. The highest BCUT2D eigenvalue weighted by molar-refractivity contribution is 5.83. The van der Waals surface area contributed by atoms with Crippen LogP contribution in [0.15, 0.2) is 4.52 Å². The van der Waals surface area contributed by atoms with Crippen LogP contribution in [0.2, 0.25) is 0 Å². The van der Waals surface area contributed by atoms with Crippen LogP contribution < -0.4 is 0 Å². The van der Waals surface area contributed by atoms with Crippen LogP contribution in [-0.4, -0.2) is 23.0 Å². The van der Waals surface area contributed by atoms with Gasteiger partial charge in [0.25, 0.3) is 0 Å². The summed E-state index contributed by atoms with van der Waals surface area (Å²) in [5, 5.41) is 3.88. The second-order valence-electron chi connectivity index (χ2n) is 4.43. The van der Waals surface area contributed by atoms with Crippen LogP contribution in [0.4, 0.5) is 0 Å². The van der Waals surface area contributed by atoms with Crippen molar-refractivity contribution in [2.45, 2.75) is 46.1 Å². The standard InChI is InChI=1S/C12H20N2O3/c1-6-9(15)8(4)12-13-11(14-17-12)10(16-5)7(2)3/h7-8,10H,6H2,1-5H3. The highest BCUT2D eigenvalue weighted by Gasteiger charge is 2.25. The van der Waals surface area contributed by atoms with E-state index in [0.29, 0.717) is 18.1 Å². The van der Waals surface area contributed by atoms with E-state index in [0.717, 1.165) is 0 Å². The van der Waals surface area contributed by atoms with Gasteiger partial charge in [-0.25, -0.2) is 0 Å². The maximum Gasteiger partial charge on any atom is 0.237 e. The van der Waals surface area contributed by atoms with Crippen molar-refractivity contribution in [1.82, 2.24) is 10.1 Å². The summed E-state index contributed by atoms with van der Waals surface area (Å²) >= 11 is 0. The Kier molecular flexibility index (Phi) is 4.81. The molecule has 0 N–H and O–H groups in total. The maximum absolute atomic E-state index is 11.5. The average Bonchev–Trinajstić information content (AvgIpc) is 2.76. The smallest absolute Gasteiger partial charge is 0.237 e. The van der Waals surface area contributed by atoms with Crippen molar-refractivity contribution in [1.29, 1.82) is 0 Å². The Morgan fingerprint density at radius 2 is 2.06 bits per heavy atom. The third-order valence-electron chi connectivity index (χ3n) is 2.77. The van der Waals surface area contributed by atoms with Gasteiger partial charge in [-0.1, -0.05) is 25.9 Å². The fraction of sp³-hybridized carbons (Fsp3) is 0.750. The van der Waals surface area contributed by atoms with Crippen LogP contribution in [0.3, 0.4) is 0 Å². The minimum atomic E-state index is -0.342. The summed E-state index contributed by atoms with van der Waals surface area (Å²) in [4.78, 5) is 15.8. The average molecular weight is 240 g/mol. The highest BCUT2D eigenvalue weighted by Crippen LogP contribution is 2.24. The molecule has 0 aliphatic carbocycles. The van der Waals surface area contributed by atoms with E-state index in [-0.39, 0.29) is 23.7 Å². The fourth-order valence-electron chi connectivity index (χ4n) is 1.66. The molecule has 0 radical (unpaired) electrons.